The zero-order valence-corrected chi connectivity index (χ0v) is 28.0. The van der Waals surface area contributed by atoms with E-state index < -0.39 is 0 Å². The number of nitrogens with one attached hydrogen (secondary N) is 3. The number of anilines is 3. The van der Waals surface area contributed by atoms with Crippen LogP contribution in [-0.2, 0) is 19.0 Å². The molecule has 0 radical (unpaired) electrons. The van der Waals surface area contributed by atoms with Gasteiger partial charge in [-0.15, -0.1) is 27.1 Å². The molecule has 17 heteroatoms. The summed E-state index contributed by atoms with van der Waals surface area (Å²) in [5.41, 5.74) is 0.452. The first kappa shape index (κ1) is 36.1. The summed E-state index contributed by atoms with van der Waals surface area (Å²) < 4.78 is 17.4. The Kier molecular flexibility index (Phi) is 14.5. The van der Waals surface area contributed by atoms with Gasteiger partial charge in [0.25, 0.3) is 5.95 Å². The van der Waals surface area contributed by atoms with Gasteiger partial charge < -0.3 is 30.2 Å². The highest BCUT2D eigenvalue weighted by atomic mass is 32.2. The van der Waals surface area contributed by atoms with Crippen molar-refractivity contribution in [2.45, 2.75) is 63.6 Å². The van der Waals surface area contributed by atoms with Gasteiger partial charge in [0.2, 0.25) is 11.8 Å². The molecule has 16 nitrogen and oxygen atoms in total. The van der Waals surface area contributed by atoms with E-state index in [1.807, 2.05) is 34.6 Å². The van der Waals surface area contributed by atoms with E-state index in [1.54, 1.807) is 44.4 Å². The minimum atomic E-state index is -0.249. The van der Waals surface area contributed by atoms with Crippen LogP contribution in [0.2, 0.25) is 0 Å². The van der Waals surface area contributed by atoms with Crippen molar-refractivity contribution in [3.05, 3.63) is 30.2 Å². The predicted octanol–water partition coefficient (Wildman–Crippen LogP) is 4.51. The number of thioether (sulfide) groups is 1. The second-order valence-corrected chi connectivity index (χ2v) is 12.5. The van der Waals surface area contributed by atoms with Gasteiger partial charge in [0.15, 0.2) is 17.3 Å². The van der Waals surface area contributed by atoms with Gasteiger partial charge in [-0.25, -0.2) is 14.6 Å². The lowest BCUT2D eigenvalue weighted by Crippen LogP contribution is -2.25. The Bertz CT molecular complexity index is 1460. The van der Waals surface area contributed by atoms with Crippen LogP contribution in [-0.4, -0.2) is 98.9 Å². The molecule has 248 valence electrons. The van der Waals surface area contributed by atoms with Crippen molar-refractivity contribution in [2.24, 2.45) is 10.2 Å². The van der Waals surface area contributed by atoms with Gasteiger partial charge in [-0.2, -0.15) is 15.2 Å². The fourth-order valence-electron chi connectivity index (χ4n) is 4.03. The maximum Gasteiger partial charge on any atom is 0.318 e. The molecule has 3 aromatic rings. The van der Waals surface area contributed by atoms with Crippen molar-refractivity contribution in [1.29, 1.82) is 5.26 Å². The molecular formula is C29H42N12O4S. The summed E-state index contributed by atoms with van der Waals surface area (Å²) in [7, 11) is 3.22. The molecule has 3 atom stereocenters. The molecule has 0 aliphatic carbocycles. The summed E-state index contributed by atoms with van der Waals surface area (Å²) in [6.07, 6.45) is 5.13. The van der Waals surface area contributed by atoms with E-state index in [2.05, 4.69) is 57.3 Å². The third-order valence-corrected chi connectivity index (χ3v) is 7.10. The number of ether oxygens (including phenoxy) is 3. The molecule has 0 saturated carbocycles. The molecule has 3 rings (SSSR count). The maximum absolute atomic E-state index is 12.3. The molecule has 0 fully saturated rings. The number of nitrogens with zero attached hydrogens (tertiary/aromatic N) is 9. The number of azo groups is 1. The van der Waals surface area contributed by atoms with Crippen LogP contribution in [0.15, 0.2) is 34.9 Å². The molecule has 0 aromatic carbocycles. The summed E-state index contributed by atoms with van der Waals surface area (Å²) in [4.78, 5) is 30.0. The van der Waals surface area contributed by atoms with Crippen molar-refractivity contribution < 1.29 is 19.0 Å². The van der Waals surface area contributed by atoms with Gasteiger partial charge in [0.05, 0.1) is 31.3 Å². The van der Waals surface area contributed by atoms with Gasteiger partial charge in [-0.1, -0.05) is 13.8 Å². The molecule has 0 bridgehead atoms. The summed E-state index contributed by atoms with van der Waals surface area (Å²) in [5.74, 6) is 1.15. The van der Waals surface area contributed by atoms with E-state index >= 15 is 0 Å². The van der Waals surface area contributed by atoms with Crippen molar-refractivity contribution in [1.82, 2.24) is 29.7 Å². The van der Waals surface area contributed by atoms with E-state index in [0.29, 0.717) is 49.0 Å². The van der Waals surface area contributed by atoms with Gasteiger partial charge >= 0.3 is 5.97 Å². The standard InChI is InChI=1S/C29H42N12O4S/c1-18(2)46-21(5)27(42)45-13-9-12-31-25-23(26(34-19(3)16-43-6)37-28(36-25)35-20(4)17-44-7)38-39-24-22(14-30)15-41(40-24)29-32-10-8-11-33-29/h8,10-11,15,18-21H,9,12-13,16-17H2,1-7H3,(H3,31,34,35,36,37). The predicted molar refractivity (Wildman–Crippen MR) is 176 cm³/mol. The van der Waals surface area contributed by atoms with E-state index in [1.165, 1.54) is 10.9 Å². The summed E-state index contributed by atoms with van der Waals surface area (Å²) in [6, 6.07) is 3.51. The fraction of sp³-hybridized carbons (Fsp3) is 0.552. The van der Waals surface area contributed by atoms with E-state index in [0.717, 1.165) is 0 Å². The van der Waals surface area contributed by atoms with Crippen molar-refractivity contribution >= 4 is 46.8 Å². The monoisotopic (exact) mass is 654 g/mol. The lowest BCUT2D eigenvalue weighted by Gasteiger charge is -2.20. The van der Waals surface area contributed by atoms with Crippen LogP contribution < -0.4 is 16.0 Å². The number of aromatic nitrogens is 6. The fourth-order valence-corrected chi connectivity index (χ4v) is 5.03. The summed E-state index contributed by atoms with van der Waals surface area (Å²) in [5, 5.41) is 32.8. The molecule has 0 aliphatic rings. The van der Waals surface area contributed by atoms with Crippen molar-refractivity contribution in [3.8, 4) is 12.0 Å². The highest BCUT2D eigenvalue weighted by molar-refractivity contribution is 8.01. The first-order chi connectivity index (χ1) is 22.1. The highest BCUT2D eigenvalue weighted by Crippen LogP contribution is 2.34. The lowest BCUT2D eigenvalue weighted by molar-refractivity contribution is -0.142. The normalized spacial score (nSPS) is 13.3. The molecule has 0 spiro atoms. The van der Waals surface area contributed by atoms with E-state index in [-0.39, 0.29) is 52.9 Å². The van der Waals surface area contributed by atoms with Crippen LogP contribution in [0, 0.1) is 11.3 Å². The van der Waals surface area contributed by atoms with Crippen LogP contribution in [0.3, 0.4) is 0 Å². The molecule has 3 aromatic heterocycles. The number of hydrogen-bond donors (Lipinski definition) is 3. The third-order valence-electron chi connectivity index (χ3n) is 5.96. The van der Waals surface area contributed by atoms with Gasteiger partial charge in [-0.3, -0.25) is 4.79 Å². The number of esters is 1. The Morgan fingerprint density at radius 3 is 2.35 bits per heavy atom. The average molecular weight is 655 g/mol. The van der Waals surface area contributed by atoms with Crippen molar-refractivity contribution in [3.63, 3.8) is 0 Å². The number of hydrogen-bond acceptors (Lipinski definition) is 16. The summed E-state index contributed by atoms with van der Waals surface area (Å²) >= 11 is 1.56. The van der Waals surface area contributed by atoms with Crippen LogP contribution in [0.1, 0.15) is 46.6 Å². The molecule has 46 heavy (non-hydrogen) atoms. The number of methoxy groups -OCH3 is 2. The molecular weight excluding hydrogens is 612 g/mol. The van der Waals surface area contributed by atoms with Crippen LogP contribution >= 0.6 is 11.8 Å². The van der Waals surface area contributed by atoms with Crippen LogP contribution in [0.4, 0.5) is 29.1 Å². The number of nitriles is 1. The molecule has 0 amide bonds. The number of carbonyl (C=O) groups excluding carboxylic acids is 1. The molecule has 3 heterocycles. The molecule has 3 N–H and O–H groups in total. The molecule has 0 saturated heterocycles. The Labute approximate surface area is 273 Å². The number of rotatable bonds is 19. The average Bonchev–Trinajstić information content (AvgIpc) is 3.44. The molecule has 0 aliphatic heterocycles. The van der Waals surface area contributed by atoms with Crippen molar-refractivity contribution in [2.75, 3.05) is 56.5 Å². The summed E-state index contributed by atoms with van der Waals surface area (Å²) in [6.45, 7) is 11.3. The topological polar surface area (TPSA) is 199 Å². The lowest BCUT2D eigenvalue weighted by atomic mass is 10.3. The van der Waals surface area contributed by atoms with Gasteiger partial charge in [0.1, 0.15) is 11.6 Å². The molecule has 3 unspecified atom stereocenters. The first-order valence-corrected chi connectivity index (χ1v) is 15.8. The second-order valence-electron chi connectivity index (χ2n) is 10.5. The largest absolute Gasteiger partial charge is 0.465 e. The third kappa shape index (κ3) is 11.2. The van der Waals surface area contributed by atoms with Crippen LogP contribution in [0.25, 0.3) is 5.95 Å². The minimum absolute atomic E-state index is 0.0630. The Hall–Kier alpha value is -4.40. The van der Waals surface area contributed by atoms with E-state index in [9.17, 15) is 10.1 Å². The first-order valence-electron chi connectivity index (χ1n) is 14.8. The van der Waals surface area contributed by atoms with E-state index in [4.69, 9.17) is 14.2 Å². The smallest absolute Gasteiger partial charge is 0.318 e. The van der Waals surface area contributed by atoms with Gasteiger partial charge in [0, 0.05) is 45.2 Å². The Morgan fingerprint density at radius 2 is 1.70 bits per heavy atom. The Balaban J connectivity index is 1.93. The maximum atomic E-state index is 12.3. The second kappa shape index (κ2) is 18.5. The van der Waals surface area contributed by atoms with Crippen LogP contribution in [0.5, 0.6) is 0 Å². The SMILES string of the molecule is COCC(C)Nc1nc(NCCCOC(=O)C(C)SC(C)C)c(N=Nc2nn(-c3ncccn3)cc2C#N)c(NC(C)COC)n1. The quantitative estimate of drug-likeness (QED) is 0.0926. The highest BCUT2D eigenvalue weighted by Gasteiger charge is 2.20. The zero-order valence-electron chi connectivity index (χ0n) is 27.2. The minimum Gasteiger partial charge on any atom is -0.465 e. The Morgan fingerprint density at radius 1 is 1.02 bits per heavy atom. The van der Waals surface area contributed by atoms with Gasteiger partial charge in [-0.05, 0) is 38.5 Å². The zero-order chi connectivity index (χ0) is 33.5. The number of carbonyl (C=O) groups is 1.